The first-order chi connectivity index (χ1) is 10.5. The Morgan fingerprint density at radius 1 is 0.591 bits per heavy atom. The van der Waals surface area contributed by atoms with Gasteiger partial charge in [-0.25, -0.2) is 0 Å². The van der Waals surface area contributed by atoms with E-state index in [-0.39, 0.29) is 0 Å². The lowest BCUT2D eigenvalue weighted by Gasteiger charge is -2.16. The molecule has 3 rings (SSSR count). The van der Waals surface area contributed by atoms with Gasteiger partial charge in [0.2, 0.25) is 0 Å². The van der Waals surface area contributed by atoms with Crippen molar-refractivity contribution in [2.75, 3.05) is 0 Å². The standard InChI is InChI=1S/C20H21NSi/c1-22(2,3)20-11-7-10-19(21-20)18-14-12-17(13-15-18)16-8-5-4-6-9-16/h4-15H,1-3H3. The van der Waals surface area contributed by atoms with Gasteiger partial charge in [-0.3, -0.25) is 4.98 Å². The van der Waals surface area contributed by atoms with E-state index in [0.717, 1.165) is 5.69 Å². The third-order valence-corrected chi connectivity index (χ3v) is 5.62. The van der Waals surface area contributed by atoms with E-state index in [1.54, 1.807) is 0 Å². The Balaban J connectivity index is 1.94. The monoisotopic (exact) mass is 303 g/mol. The number of nitrogens with zero attached hydrogens (tertiary/aromatic N) is 1. The lowest BCUT2D eigenvalue weighted by molar-refractivity contribution is 1.35. The average molecular weight is 303 g/mol. The highest BCUT2D eigenvalue weighted by molar-refractivity contribution is 6.88. The molecule has 0 saturated carbocycles. The van der Waals surface area contributed by atoms with Crippen LogP contribution in [-0.2, 0) is 0 Å². The van der Waals surface area contributed by atoms with Gasteiger partial charge in [-0.2, -0.15) is 0 Å². The summed E-state index contributed by atoms with van der Waals surface area (Å²) in [4.78, 5) is 4.88. The zero-order valence-electron chi connectivity index (χ0n) is 13.4. The minimum Gasteiger partial charge on any atom is -0.258 e. The van der Waals surface area contributed by atoms with Crippen molar-refractivity contribution in [2.45, 2.75) is 19.6 Å². The topological polar surface area (TPSA) is 12.9 Å². The molecule has 0 unspecified atom stereocenters. The third kappa shape index (κ3) is 3.17. The zero-order valence-corrected chi connectivity index (χ0v) is 14.4. The number of pyridine rings is 1. The first-order valence-electron chi connectivity index (χ1n) is 7.67. The molecule has 1 nitrogen and oxygen atoms in total. The lowest BCUT2D eigenvalue weighted by Crippen LogP contribution is -2.39. The number of benzene rings is 2. The maximum atomic E-state index is 4.88. The first-order valence-corrected chi connectivity index (χ1v) is 11.2. The fourth-order valence-electron chi connectivity index (χ4n) is 2.48. The molecule has 0 aliphatic carbocycles. The quantitative estimate of drug-likeness (QED) is 0.623. The smallest absolute Gasteiger partial charge is 0.101 e. The summed E-state index contributed by atoms with van der Waals surface area (Å²) < 4.78 is 0. The molecule has 0 aliphatic heterocycles. The fourth-order valence-corrected chi connectivity index (χ4v) is 3.53. The molecule has 0 radical (unpaired) electrons. The van der Waals surface area contributed by atoms with Crippen LogP contribution in [0.25, 0.3) is 22.4 Å². The van der Waals surface area contributed by atoms with Crippen LogP contribution in [0.3, 0.4) is 0 Å². The summed E-state index contributed by atoms with van der Waals surface area (Å²) in [6, 6.07) is 25.5. The Kier molecular flexibility index (Phi) is 3.95. The molecule has 0 saturated heterocycles. The summed E-state index contributed by atoms with van der Waals surface area (Å²) in [5.74, 6) is 0. The molecular formula is C20H21NSi. The molecule has 0 amide bonds. The first kappa shape index (κ1) is 14.7. The van der Waals surface area contributed by atoms with E-state index >= 15 is 0 Å². The summed E-state index contributed by atoms with van der Waals surface area (Å²) in [7, 11) is -1.37. The third-order valence-electron chi connectivity index (χ3n) is 3.81. The highest BCUT2D eigenvalue weighted by Crippen LogP contribution is 2.23. The number of hydrogen-bond donors (Lipinski definition) is 0. The fraction of sp³-hybridized carbons (Fsp3) is 0.150. The molecule has 0 fully saturated rings. The summed E-state index contributed by atoms with van der Waals surface area (Å²) in [5.41, 5.74) is 4.74. The summed E-state index contributed by atoms with van der Waals surface area (Å²) in [5, 5.41) is 1.26. The van der Waals surface area contributed by atoms with Crippen LogP contribution in [0, 0.1) is 0 Å². The van der Waals surface area contributed by atoms with Crippen LogP contribution in [0.4, 0.5) is 0 Å². The van der Waals surface area contributed by atoms with Crippen LogP contribution in [0.2, 0.25) is 19.6 Å². The lowest BCUT2D eigenvalue weighted by atomic mass is 10.0. The maximum Gasteiger partial charge on any atom is 0.101 e. The molecule has 0 atom stereocenters. The van der Waals surface area contributed by atoms with E-state index < -0.39 is 8.07 Å². The van der Waals surface area contributed by atoms with E-state index in [1.165, 1.54) is 22.0 Å². The Labute approximate surface area is 133 Å². The van der Waals surface area contributed by atoms with Gasteiger partial charge < -0.3 is 0 Å². The number of aromatic nitrogens is 1. The van der Waals surface area contributed by atoms with Gasteiger partial charge in [0, 0.05) is 10.9 Å². The van der Waals surface area contributed by atoms with Gasteiger partial charge in [-0.1, -0.05) is 80.3 Å². The second-order valence-corrected chi connectivity index (χ2v) is 11.6. The summed E-state index contributed by atoms with van der Waals surface area (Å²) in [6.07, 6.45) is 0. The van der Waals surface area contributed by atoms with Crippen LogP contribution >= 0.6 is 0 Å². The van der Waals surface area contributed by atoms with Gasteiger partial charge in [0.05, 0.1) is 5.69 Å². The van der Waals surface area contributed by atoms with Crippen LogP contribution in [0.1, 0.15) is 0 Å². The van der Waals surface area contributed by atoms with E-state index in [2.05, 4.69) is 86.4 Å². The second kappa shape index (κ2) is 5.89. The van der Waals surface area contributed by atoms with Gasteiger partial charge in [0.1, 0.15) is 8.07 Å². The molecule has 3 aromatic rings. The van der Waals surface area contributed by atoms with Crippen molar-refractivity contribution in [3.05, 3.63) is 72.8 Å². The van der Waals surface area contributed by atoms with Crippen molar-refractivity contribution in [1.82, 2.24) is 4.98 Å². The van der Waals surface area contributed by atoms with Crippen molar-refractivity contribution in [3.8, 4) is 22.4 Å². The molecule has 2 heteroatoms. The van der Waals surface area contributed by atoms with Crippen LogP contribution in [0.5, 0.6) is 0 Å². The predicted octanol–water partition coefficient (Wildman–Crippen LogP) is 4.96. The molecule has 22 heavy (non-hydrogen) atoms. The molecule has 110 valence electrons. The van der Waals surface area contributed by atoms with E-state index in [4.69, 9.17) is 4.98 Å². The summed E-state index contributed by atoms with van der Waals surface area (Å²) in [6.45, 7) is 6.99. The normalized spacial score (nSPS) is 11.4. The highest BCUT2D eigenvalue weighted by Gasteiger charge is 2.18. The zero-order chi connectivity index (χ0) is 15.6. The number of hydrogen-bond acceptors (Lipinski definition) is 1. The van der Waals surface area contributed by atoms with Crippen molar-refractivity contribution in [3.63, 3.8) is 0 Å². The van der Waals surface area contributed by atoms with Crippen molar-refractivity contribution >= 4 is 13.4 Å². The van der Waals surface area contributed by atoms with E-state index in [1.807, 2.05) is 6.07 Å². The van der Waals surface area contributed by atoms with Crippen LogP contribution in [-0.4, -0.2) is 13.1 Å². The Hall–Kier alpha value is -2.19. The number of rotatable bonds is 3. The molecule has 2 aromatic carbocycles. The second-order valence-electron chi connectivity index (χ2n) is 6.60. The molecule has 0 N–H and O–H groups in total. The van der Waals surface area contributed by atoms with Crippen LogP contribution < -0.4 is 5.32 Å². The van der Waals surface area contributed by atoms with Gasteiger partial charge in [0.15, 0.2) is 0 Å². The molecule has 1 heterocycles. The van der Waals surface area contributed by atoms with Gasteiger partial charge in [-0.15, -0.1) is 0 Å². The molecule has 1 aromatic heterocycles. The van der Waals surface area contributed by atoms with Gasteiger partial charge >= 0.3 is 0 Å². The van der Waals surface area contributed by atoms with Gasteiger partial charge in [0.25, 0.3) is 0 Å². The van der Waals surface area contributed by atoms with E-state index in [9.17, 15) is 0 Å². The average Bonchev–Trinajstić information content (AvgIpc) is 2.55. The molecule has 0 aliphatic rings. The predicted molar refractivity (Wildman–Crippen MR) is 98.1 cm³/mol. The van der Waals surface area contributed by atoms with Crippen molar-refractivity contribution < 1.29 is 0 Å². The SMILES string of the molecule is C[Si](C)(C)c1cccc(-c2ccc(-c3ccccc3)cc2)n1. The van der Waals surface area contributed by atoms with Crippen molar-refractivity contribution in [2.24, 2.45) is 0 Å². The summed E-state index contributed by atoms with van der Waals surface area (Å²) >= 11 is 0. The Bertz CT molecular complexity index is 756. The highest BCUT2D eigenvalue weighted by atomic mass is 28.3. The largest absolute Gasteiger partial charge is 0.258 e. The molecule has 0 bridgehead atoms. The maximum absolute atomic E-state index is 4.88. The Morgan fingerprint density at radius 3 is 1.82 bits per heavy atom. The van der Waals surface area contributed by atoms with Crippen molar-refractivity contribution in [1.29, 1.82) is 0 Å². The minimum atomic E-state index is -1.37. The molecular weight excluding hydrogens is 282 g/mol. The Morgan fingerprint density at radius 2 is 1.18 bits per heavy atom. The minimum absolute atomic E-state index is 1.07. The van der Waals surface area contributed by atoms with E-state index in [0.29, 0.717) is 0 Å². The molecule has 0 spiro atoms. The van der Waals surface area contributed by atoms with Crippen LogP contribution in [0.15, 0.2) is 72.8 Å². The van der Waals surface area contributed by atoms with Gasteiger partial charge in [-0.05, 0) is 23.3 Å².